The van der Waals surface area contributed by atoms with Crippen LogP contribution in [0.3, 0.4) is 0 Å². The van der Waals surface area contributed by atoms with Gasteiger partial charge in [0.1, 0.15) is 0 Å². The fourth-order valence-corrected chi connectivity index (χ4v) is 2.53. The van der Waals surface area contributed by atoms with E-state index in [-0.39, 0.29) is 11.6 Å². The van der Waals surface area contributed by atoms with Crippen molar-refractivity contribution in [3.05, 3.63) is 11.8 Å². The first-order valence-corrected chi connectivity index (χ1v) is 6.25. The summed E-state index contributed by atoms with van der Waals surface area (Å²) in [5.41, 5.74) is 0.411. The van der Waals surface area contributed by atoms with Crippen molar-refractivity contribution in [1.82, 2.24) is 19.8 Å². The molecule has 1 aromatic heterocycles. The second-order valence-electron chi connectivity index (χ2n) is 3.43. The molecule has 0 aliphatic heterocycles. The van der Waals surface area contributed by atoms with Gasteiger partial charge in [-0.2, -0.15) is 9.40 Å². The van der Waals surface area contributed by atoms with Crippen molar-refractivity contribution in [3.8, 4) is 0 Å². The Morgan fingerprint density at radius 1 is 1.59 bits per heavy atom. The molecule has 1 heterocycles. The molecule has 0 bridgehead atoms. The predicted octanol–water partition coefficient (Wildman–Crippen LogP) is 0.0147. The van der Waals surface area contributed by atoms with Crippen LogP contribution in [-0.2, 0) is 16.6 Å². The van der Waals surface area contributed by atoms with Gasteiger partial charge in [-0.3, -0.25) is 5.10 Å². The summed E-state index contributed by atoms with van der Waals surface area (Å²) < 4.78 is 48.8. The van der Waals surface area contributed by atoms with Gasteiger partial charge >= 0.3 is 0 Å². The third kappa shape index (κ3) is 3.20. The molecule has 1 rings (SSSR count). The molecule has 0 radical (unpaired) electrons. The minimum absolute atomic E-state index is 0.157. The van der Waals surface area contributed by atoms with Gasteiger partial charge in [0.05, 0.1) is 12.7 Å². The maximum atomic E-state index is 12.2. The Balaban J connectivity index is 3.00. The number of rotatable bonds is 6. The monoisotopic (exact) mass is 268 g/mol. The van der Waals surface area contributed by atoms with Crippen LogP contribution in [-0.4, -0.2) is 50.0 Å². The van der Waals surface area contributed by atoms with Crippen LogP contribution in [0.1, 0.15) is 5.56 Å². The van der Waals surface area contributed by atoms with Crippen LogP contribution < -0.4 is 5.32 Å². The molecule has 0 aromatic carbocycles. The summed E-state index contributed by atoms with van der Waals surface area (Å²) in [7, 11) is -1.20. The molecule has 0 aliphatic rings. The highest BCUT2D eigenvalue weighted by Crippen LogP contribution is 2.16. The van der Waals surface area contributed by atoms with E-state index < -0.39 is 23.0 Å². The Labute approximate surface area is 98.1 Å². The second kappa shape index (κ2) is 5.52. The van der Waals surface area contributed by atoms with Crippen molar-refractivity contribution in [1.29, 1.82) is 0 Å². The first-order chi connectivity index (χ1) is 7.89. The Bertz CT molecular complexity index is 460. The lowest BCUT2D eigenvalue weighted by Gasteiger charge is -2.16. The lowest BCUT2D eigenvalue weighted by molar-refractivity contribution is 0.126. The van der Waals surface area contributed by atoms with Gasteiger partial charge in [-0.05, 0) is 7.05 Å². The molecule has 98 valence electrons. The minimum Gasteiger partial charge on any atom is -0.316 e. The van der Waals surface area contributed by atoms with Crippen molar-refractivity contribution in [2.75, 3.05) is 20.6 Å². The van der Waals surface area contributed by atoms with Gasteiger partial charge in [0.15, 0.2) is 5.03 Å². The number of aromatic nitrogens is 2. The molecule has 0 amide bonds. The maximum Gasteiger partial charge on any atom is 0.260 e. The number of aromatic amines is 1. The van der Waals surface area contributed by atoms with Crippen molar-refractivity contribution >= 4 is 10.0 Å². The summed E-state index contributed by atoms with van der Waals surface area (Å²) in [4.78, 5) is 0. The Kier molecular flexibility index (Phi) is 4.54. The van der Waals surface area contributed by atoms with Gasteiger partial charge in [-0.1, -0.05) is 0 Å². The number of hydrogen-bond acceptors (Lipinski definition) is 4. The van der Waals surface area contributed by atoms with Gasteiger partial charge < -0.3 is 5.32 Å². The molecule has 1 aromatic rings. The van der Waals surface area contributed by atoms with E-state index >= 15 is 0 Å². The quantitative estimate of drug-likeness (QED) is 0.762. The van der Waals surface area contributed by atoms with E-state index in [9.17, 15) is 17.2 Å². The topological polar surface area (TPSA) is 78.1 Å². The average molecular weight is 268 g/mol. The van der Waals surface area contributed by atoms with Crippen LogP contribution in [0, 0.1) is 0 Å². The summed E-state index contributed by atoms with van der Waals surface area (Å²) >= 11 is 0. The van der Waals surface area contributed by atoms with Crippen molar-refractivity contribution < 1.29 is 17.2 Å². The van der Waals surface area contributed by atoms with Crippen LogP contribution in [0.25, 0.3) is 0 Å². The summed E-state index contributed by atoms with van der Waals surface area (Å²) in [6.07, 6.45) is -1.37. The Hall–Kier alpha value is -1.06. The zero-order chi connectivity index (χ0) is 13.1. The smallest absolute Gasteiger partial charge is 0.260 e. The van der Waals surface area contributed by atoms with Gasteiger partial charge in [-0.15, -0.1) is 0 Å². The van der Waals surface area contributed by atoms with Crippen LogP contribution in [0.4, 0.5) is 8.78 Å². The zero-order valence-corrected chi connectivity index (χ0v) is 10.3. The van der Waals surface area contributed by atoms with Crippen LogP contribution in [0.15, 0.2) is 11.2 Å². The molecule has 0 saturated heterocycles. The van der Waals surface area contributed by atoms with E-state index in [0.717, 1.165) is 7.05 Å². The zero-order valence-electron chi connectivity index (χ0n) is 9.44. The highest BCUT2D eigenvalue weighted by atomic mass is 32.2. The number of nitrogens with zero attached hydrogens (tertiary/aromatic N) is 2. The number of nitrogens with one attached hydrogen (secondary N) is 2. The van der Waals surface area contributed by atoms with E-state index in [4.69, 9.17) is 0 Å². The average Bonchev–Trinajstić information content (AvgIpc) is 2.66. The van der Waals surface area contributed by atoms with E-state index in [0.29, 0.717) is 9.87 Å². The number of halogens is 2. The Morgan fingerprint density at radius 3 is 2.76 bits per heavy atom. The lowest BCUT2D eigenvalue weighted by atomic mass is 10.4. The molecule has 0 fully saturated rings. The van der Waals surface area contributed by atoms with Crippen LogP contribution in [0.2, 0.25) is 0 Å². The summed E-state index contributed by atoms with van der Waals surface area (Å²) in [6.45, 7) is -0.562. The van der Waals surface area contributed by atoms with Crippen LogP contribution in [0.5, 0.6) is 0 Å². The largest absolute Gasteiger partial charge is 0.316 e. The van der Waals surface area contributed by atoms with Crippen molar-refractivity contribution in [3.63, 3.8) is 0 Å². The molecule has 0 unspecified atom stereocenters. The number of alkyl halides is 2. The molecule has 17 heavy (non-hydrogen) atoms. The van der Waals surface area contributed by atoms with Gasteiger partial charge in [-0.25, -0.2) is 17.2 Å². The van der Waals surface area contributed by atoms with E-state index in [1.807, 2.05) is 0 Å². The minimum atomic E-state index is -3.95. The molecule has 0 aliphatic carbocycles. The molecular formula is C8H14F2N4O2S. The standard InChI is InChI=1S/C8H14F2N4O2S/c1-11-3-6-4-12-13-8(6)17(15,16)14(2)5-7(9)10/h4,7,11H,3,5H2,1-2H3,(H,12,13). The first-order valence-electron chi connectivity index (χ1n) is 4.81. The van der Waals surface area contributed by atoms with Crippen molar-refractivity contribution in [2.45, 2.75) is 18.0 Å². The maximum absolute atomic E-state index is 12.2. The normalized spacial score (nSPS) is 12.6. The van der Waals surface area contributed by atoms with Crippen LogP contribution >= 0.6 is 0 Å². The fourth-order valence-electron chi connectivity index (χ4n) is 1.29. The fraction of sp³-hybridized carbons (Fsp3) is 0.625. The SMILES string of the molecule is CNCc1cn[nH]c1S(=O)(=O)N(C)CC(F)F. The predicted molar refractivity (Wildman–Crippen MR) is 57.2 cm³/mol. The van der Waals surface area contributed by atoms with Gasteiger partial charge in [0.25, 0.3) is 16.4 Å². The van der Waals surface area contributed by atoms with E-state index in [2.05, 4.69) is 15.5 Å². The van der Waals surface area contributed by atoms with Gasteiger partial charge in [0, 0.05) is 19.2 Å². The van der Waals surface area contributed by atoms with Gasteiger partial charge in [0.2, 0.25) is 0 Å². The third-order valence-corrected chi connectivity index (χ3v) is 3.95. The second-order valence-corrected chi connectivity index (χ2v) is 5.41. The lowest BCUT2D eigenvalue weighted by Crippen LogP contribution is -2.32. The summed E-state index contributed by atoms with van der Waals surface area (Å²) in [5.74, 6) is 0. The molecule has 6 nitrogen and oxygen atoms in total. The first kappa shape index (κ1) is 14.0. The molecule has 0 saturated carbocycles. The summed E-state index contributed by atoms with van der Waals surface area (Å²) in [5, 5.41) is 8.54. The highest BCUT2D eigenvalue weighted by Gasteiger charge is 2.27. The van der Waals surface area contributed by atoms with Crippen molar-refractivity contribution in [2.24, 2.45) is 0 Å². The molecule has 2 N–H and O–H groups in total. The third-order valence-electron chi connectivity index (χ3n) is 2.11. The molecular weight excluding hydrogens is 254 g/mol. The number of H-pyrrole nitrogens is 1. The molecule has 9 heteroatoms. The Morgan fingerprint density at radius 2 is 2.24 bits per heavy atom. The molecule has 0 atom stereocenters. The highest BCUT2D eigenvalue weighted by molar-refractivity contribution is 7.89. The van der Waals surface area contributed by atoms with E-state index in [1.54, 1.807) is 7.05 Å². The van der Waals surface area contributed by atoms with E-state index in [1.165, 1.54) is 6.20 Å². The molecule has 0 spiro atoms. The number of hydrogen-bond donors (Lipinski definition) is 2. The summed E-state index contributed by atoms with van der Waals surface area (Å²) in [6, 6.07) is 0. The number of sulfonamides is 1.